The van der Waals surface area contributed by atoms with Gasteiger partial charge in [0, 0.05) is 18.8 Å². The number of thioether (sulfide) groups is 1. The third-order valence-corrected chi connectivity index (χ3v) is 6.49. The molecule has 4 atom stereocenters. The number of hydrogen-bond acceptors (Lipinski definition) is 6. The van der Waals surface area contributed by atoms with E-state index < -0.39 is 24.4 Å². The summed E-state index contributed by atoms with van der Waals surface area (Å²) in [5.41, 5.74) is 3.78. The highest BCUT2D eigenvalue weighted by atomic mass is 32.2. The van der Waals surface area contributed by atoms with Crippen LogP contribution in [0.15, 0.2) is 54.6 Å². The van der Waals surface area contributed by atoms with Crippen LogP contribution in [0.25, 0.3) is 11.1 Å². The minimum Gasteiger partial charge on any atom is -0.389 e. The highest BCUT2D eigenvalue weighted by Crippen LogP contribution is 2.21. The lowest BCUT2D eigenvalue weighted by Gasteiger charge is -2.23. The van der Waals surface area contributed by atoms with Crippen LogP contribution in [-0.4, -0.2) is 75.1 Å². The van der Waals surface area contributed by atoms with Gasteiger partial charge in [-0.1, -0.05) is 54.6 Å². The summed E-state index contributed by atoms with van der Waals surface area (Å²) in [5.74, 6) is 2.03. The molecule has 0 unspecified atom stereocenters. The van der Waals surface area contributed by atoms with E-state index >= 15 is 0 Å². The van der Waals surface area contributed by atoms with Crippen molar-refractivity contribution in [2.24, 2.45) is 0 Å². The van der Waals surface area contributed by atoms with E-state index in [9.17, 15) is 20.4 Å². The van der Waals surface area contributed by atoms with Crippen LogP contribution in [0.2, 0.25) is 0 Å². The Kier molecular flexibility index (Phi) is 8.53. The molecule has 0 bridgehead atoms. The van der Waals surface area contributed by atoms with Crippen LogP contribution >= 0.6 is 11.8 Å². The molecule has 4 N–H and O–H groups in total. The van der Waals surface area contributed by atoms with Crippen molar-refractivity contribution < 1.29 is 20.4 Å². The van der Waals surface area contributed by atoms with Crippen LogP contribution in [0.4, 0.5) is 0 Å². The molecule has 0 aromatic heterocycles. The number of aliphatic hydroxyl groups excluding tert-OH is 4. The summed E-state index contributed by atoms with van der Waals surface area (Å²) in [5, 5.41) is 39.3. The molecular weight excluding hydrogens is 386 g/mol. The van der Waals surface area contributed by atoms with Crippen LogP contribution < -0.4 is 0 Å². The Labute approximate surface area is 177 Å². The third kappa shape index (κ3) is 6.54. The van der Waals surface area contributed by atoms with Crippen molar-refractivity contribution in [2.75, 3.05) is 25.4 Å². The van der Waals surface area contributed by atoms with Gasteiger partial charge in [-0.05, 0) is 41.8 Å². The summed E-state index contributed by atoms with van der Waals surface area (Å²) in [6.45, 7) is 1.28. The van der Waals surface area contributed by atoms with Crippen molar-refractivity contribution in [2.45, 2.75) is 43.0 Å². The van der Waals surface area contributed by atoms with Gasteiger partial charge < -0.3 is 20.4 Å². The molecule has 6 heteroatoms. The summed E-state index contributed by atoms with van der Waals surface area (Å²) in [6, 6.07) is 19.1. The van der Waals surface area contributed by atoms with Gasteiger partial charge in [-0.3, -0.25) is 4.90 Å². The Morgan fingerprint density at radius 3 is 1.97 bits per heavy atom. The number of benzene rings is 2. The lowest BCUT2D eigenvalue weighted by molar-refractivity contribution is -0.0894. The molecule has 1 aliphatic rings. The first-order valence-corrected chi connectivity index (χ1v) is 11.4. The van der Waals surface area contributed by atoms with Gasteiger partial charge in [-0.15, -0.1) is 0 Å². The maximum atomic E-state index is 9.91. The molecular formula is C23H31NO4S. The van der Waals surface area contributed by atoms with E-state index in [2.05, 4.69) is 48.5 Å². The zero-order chi connectivity index (χ0) is 20.6. The quantitative estimate of drug-likeness (QED) is 0.493. The standard InChI is InChI=1S/C23H31NO4S/c25-20-14-24(15-21(26)23(28)22(20)27)12-4-5-13-29-16-17-8-10-19(11-9-17)18-6-2-1-3-7-18/h1-3,6-11,20-23,25-28H,4-5,12-16H2/t20-,21-,22+,23+/m0/s1. The Morgan fingerprint density at radius 1 is 0.759 bits per heavy atom. The average molecular weight is 418 g/mol. The normalized spacial score (nSPS) is 25.7. The summed E-state index contributed by atoms with van der Waals surface area (Å²) in [6.07, 6.45) is -2.66. The monoisotopic (exact) mass is 417 g/mol. The van der Waals surface area contributed by atoms with Crippen molar-refractivity contribution >= 4 is 11.8 Å². The Morgan fingerprint density at radius 2 is 1.34 bits per heavy atom. The maximum absolute atomic E-state index is 9.91. The third-order valence-electron chi connectivity index (χ3n) is 5.37. The minimum atomic E-state index is -1.29. The molecule has 1 aliphatic heterocycles. The van der Waals surface area contributed by atoms with Gasteiger partial charge in [0.1, 0.15) is 12.2 Å². The average Bonchev–Trinajstić information content (AvgIpc) is 2.83. The predicted octanol–water partition coefficient (Wildman–Crippen LogP) is 2.13. The van der Waals surface area contributed by atoms with E-state index in [1.54, 1.807) is 0 Å². The number of nitrogens with zero attached hydrogens (tertiary/aromatic N) is 1. The number of aliphatic hydroxyl groups is 4. The first-order valence-electron chi connectivity index (χ1n) is 10.2. The Hall–Kier alpha value is -1.41. The topological polar surface area (TPSA) is 84.2 Å². The van der Waals surface area contributed by atoms with E-state index in [-0.39, 0.29) is 13.1 Å². The second-order valence-electron chi connectivity index (χ2n) is 7.70. The second kappa shape index (κ2) is 11.1. The summed E-state index contributed by atoms with van der Waals surface area (Å²) < 4.78 is 0. The number of rotatable bonds is 8. The molecule has 2 aromatic carbocycles. The number of unbranched alkanes of at least 4 members (excludes halogenated alkanes) is 1. The van der Waals surface area contributed by atoms with Gasteiger partial charge in [0.25, 0.3) is 0 Å². The molecule has 158 valence electrons. The fourth-order valence-corrected chi connectivity index (χ4v) is 4.59. The summed E-state index contributed by atoms with van der Waals surface area (Å²) in [4.78, 5) is 1.92. The van der Waals surface area contributed by atoms with Crippen LogP contribution in [0.5, 0.6) is 0 Å². The van der Waals surface area contributed by atoms with E-state index in [0.717, 1.165) is 30.9 Å². The molecule has 2 aromatic rings. The molecule has 1 heterocycles. The Balaban J connectivity index is 1.34. The fourth-order valence-electron chi connectivity index (χ4n) is 3.61. The first-order chi connectivity index (χ1) is 14.0. The molecule has 1 fully saturated rings. The van der Waals surface area contributed by atoms with Gasteiger partial charge in [0.15, 0.2) is 0 Å². The van der Waals surface area contributed by atoms with Crippen LogP contribution in [0.3, 0.4) is 0 Å². The Bertz CT molecular complexity index is 711. The van der Waals surface area contributed by atoms with Crippen molar-refractivity contribution in [3.63, 3.8) is 0 Å². The first kappa shape index (κ1) is 22.3. The van der Waals surface area contributed by atoms with Gasteiger partial charge >= 0.3 is 0 Å². The van der Waals surface area contributed by atoms with E-state index in [1.807, 2.05) is 22.7 Å². The molecule has 0 spiro atoms. The van der Waals surface area contributed by atoms with Crippen LogP contribution in [0, 0.1) is 0 Å². The molecule has 29 heavy (non-hydrogen) atoms. The molecule has 1 saturated heterocycles. The summed E-state index contributed by atoms with van der Waals surface area (Å²) in [7, 11) is 0. The lowest BCUT2D eigenvalue weighted by Crippen LogP contribution is -2.43. The van der Waals surface area contributed by atoms with Crippen molar-refractivity contribution in [3.8, 4) is 11.1 Å². The van der Waals surface area contributed by atoms with E-state index in [4.69, 9.17) is 0 Å². The van der Waals surface area contributed by atoms with Gasteiger partial charge in [-0.25, -0.2) is 0 Å². The van der Waals surface area contributed by atoms with Crippen molar-refractivity contribution in [1.29, 1.82) is 0 Å². The molecule has 0 radical (unpaired) electrons. The van der Waals surface area contributed by atoms with Crippen LogP contribution in [0.1, 0.15) is 18.4 Å². The minimum absolute atomic E-state index is 0.274. The molecule has 5 nitrogen and oxygen atoms in total. The van der Waals surface area contributed by atoms with E-state index in [1.165, 1.54) is 16.7 Å². The molecule has 0 aliphatic carbocycles. The lowest BCUT2D eigenvalue weighted by atomic mass is 10.0. The van der Waals surface area contributed by atoms with Gasteiger partial charge in [0.05, 0.1) is 12.2 Å². The number of β-amino-alcohol motifs (C(OH)–C–C–N with tert-alkyl or cyclic N) is 2. The zero-order valence-electron chi connectivity index (χ0n) is 16.6. The number of likely N-dealkylation sites (tertiary alicyclic amines) is 1. The smallest absolute Gasteiger partial charge is 0.110 e. The van der Waals surface area contributed by atoms with Gasteiger partial charge in [0.2, 0.25) is 0 Å². The van der Waals surface area contributed by atoms with Gasteiger partial charge in [-0.2, -0.15) is 11.8 Å². The number of hydrogen-bond donors (Lipinski definition) is 4. The fraction of sp³-hybridized carbons (Fsp3) is 0.478. The maximum Gasteiger partial charge on any atom is 0.110 e. The van der Waals surface area contributed by atoms with Crippen molar-refractivity contribution in [3.05, 3.63) is 60.2 Å². The highest BCUT2D eigenvalue weighted by molar-refractivity contribution is 7.98. The highest BCUT2D eigenvalue weighted by Gasteiger charge is 2.35. The largest absolute Gasteiger partial charge is 0.389 e. The SMILES string of the molecule is O[C@H]1[C@H](O)[C@@H](O)CN(CCCCSCc2ccc(-c3ccccc3)cc2)C[C@@H]1O. The second-order valence-corrected chi connectivity index (χ2v) is 8.80. The molecule has 3 rings (SSSR count). The summed E-state index contributed by atoms with van der Waals surface area (Å²) >= 11 is 1.90. The molecule has 0 saturated carbocycles. The van der Waals surface area contributed by atoms with Crippen molar-refractivity contribution in [1.82, 2.24) is 4.90 Å². The van der Waals surface area contributed by atoms with E-state index in [0.29, 0.717) is 0 Å². The predicted molar refractivity (Wildman–Crippen MR) is 118 cm³/mol. The zero-order valence-corrected chi connectivity index (χ0v) is 17.4. The van der Waals surface area contributed by atoms with Crippen LogP contribution in [-0.2, 0) is 5.75 Å². The molecule has 0 amide bonds.